The van der Waals surface area contributed by atoms with Crippen molar-refractivity contribution < 1.29 is 40.9 Å². The Morgan fingerprint density at radius 3 is 2.00 bits per heavy atom. The number of hydrogen-bond acceptors (Lipinski definition) is 2. The van der Waals surface area contributed by atoms with Gasteiger partial charge in [0.05, 0.1) is 5.60 Å². The minimum Gasteiger partial charge on any atom is -1.00 e. The van der Waals surface area contributed by atoms with Crippen molar-refractivity contribution in [3.05, 3.63) is 0 Å². The van der Waals surface area contributed by atoms with Crippen LogP contribution in [0.15, 0.2) is 0 Å². The standard InChI is InChI=1S/C6H12O2.Na.H/c1-5(7)4-6(2,3)8;;/h8H,4H2,1-3H3;;/q;+1;-1. The second kappa shape index (κ2) is 4.45. The Morgan fingerprint density at radius 1 is 1.67 bits per heavy atom. The summed E-state index contributed by atoms with van der Waals surface area (Å²) in [5.74, 6) is 0.0255. The molecule has 0 heterocycles. The predicted octanol–water partition coefficient (Wildman–Crippen LogP) is -2.15. The summed E-state index contributed by atoms with van der Waals surface area (Å²) in [7, 11) is 0. The average molecular weight is 140 g/mol. The molecule has 0 aliphatic heterocycles. The van der Waals surface area contributed by atoms with Crippen LogP contribution in [-0.4, -0.2) is 16.5 Å². The maximum atomic E-state index is 10.3. The molecule has 50 valence electrons. The zero-order chi connectivity index (χ0) is 6.78. The van der Waals surface area contributed by atoms with E-state index in [1.165, 1.54) is 6.92 Å². The Morgan fingerprint density at radius 2 is 2.00 bits per heavy atom. The van der Waals surface area contributed by atoms with E-state index in [1.807, 2.05) is 0 Å². The Hall–Kier alpha value is 0.630. The van der Waals surface area contributed by atoms with Crippen molar-refractivity contribution in [1.82, 2.24) is 0 Å². The molecular weight excluding hydrogens is 127 g/mol. The van der Waals surface area contributed by atoms with E-state index in [2.05, 4.69) is 0 Å². The smallest absolute Gasteiger partial charge is 1.00 e. The summed E-state index contributed by atoms with van der Waals surface area (Å²) >= 11 is 0. The van der Waals surface area contributed by atoms with Crippen LogP contribution in [0, 0.1) is 0 Å². The van der Waals surface area contributed by atoms with Gasteiger partial charge in [0.15, 0.2) is 0 Å². The molecule has 0 aliphatic carbocycles. The van der Waals surface area contributed by atoms with Crippen molar-refractivity contribution in [3.63, 3.8) is 0 Å². The van der Waals surface area contributed by atoms with Crippen LogP contribution in [0.5, 0.6) is 0 Å². The third kappa shape index (κ3) is 12.0. The summed E-state index contributed by atoms with van der Waals surface area (Å²) in [5, 5.41) is 8.97. The third-order valence-electron chi connectivity index (χ3n) is 0.682. The van der Waals surface area contributed by atoms with Gasteiger partial charge >= 0.3 is 29.6 Å². The molecule has 0 radical (unpaired) electrons. The fourth-order valence-electron chi connectivity index (χ4n) is 0.609. The predicted molar refractivity (Wildman–Crippen MR) is 32.7 cm³/mol. The average Bonchev–Trinajstić information content (AvgIpc) is 1.21. The van der Waals surface area contributed by atoms with E-state index in [0.29, 0.717) is 0 Å². The summed E-state index contributed by atoms with van der Waals surface area (Å²) in [6.45, 7) is 4.71. The molecule has 0 aromatic carbocycles. The van der Waals surface area contributed by atoms with Gasteiger partial charge in [-0.05, 0) is 20.8 Å². The first-order chi connectivity index (χ1) is 3.42. The number of hydrogen-bond donors (Lipinski definition) is 1. The van der Waals surface area contributed by atoms with Gasteiger partial charge in [-0.15, -0.1) is 0 Å². The van der Waals surface area contributed by atoms with Crippen molar-refractivity contribution in [2.75, 3.05) is 0 Å². The van der Waals surface area contributed by atoms with Crippen LogP contribution in [0.1, 0.15) is 28.6 Å². The number of carbonyl (C=O) groups excluding carboxylic acids is 1. The van der Waals surface area contributed by atoms with E-state index >= 15 is 0 Å². The molecule has 0 unspecified atom stereocenters. The molecule has 0 spiro atoms. The minimum absolute atomic E-state index is 0. The Balaban J connectivity index is -0.000000245. The van der Waals surface area contributed by atoms with Gasteiger partial charge in [-0.3, -0.25) is 4.79 Å². The van der Waals surface area contributed by atoms with Crippen LogP contribution in [0.3, 0.4) is 0 Å². The Kier molecular flexibility index (Phi) is 6.09. The molecule has 9 heavy (non-hydrogen) atoms. The summed E-state index contributed by atoms with van der Waals surface area (Å²) in [5.41, 5.74) is -0.828. The molecule has 0 saturated heterocycles. The first-order valence-electron chi connectivity index (χ1n) is 2.63. The first-order valence-corrected chi connectivity index (χ1v) is 2.63. The monoisotopic (exact) mass is 140 g/mol. The molecule has 0 aromatic heterocycles. The SMILES string of the molecule is CC(=O)CC(C)(C)O.[H-].[Na+]. The van der Waals surface area contributed by atoms with Crippen LogP contribution >= 0.6 is 0 Å². The van der Waals surface area contributed by atoms with Crippen LogP contribution in [-0.2, 0) is 4.79 Å². The van der Waals surface area contributed by atoms with Crippen LogP contribution in [0.25, 0.3) is 0 Å². The van der Waals surface area contributed by atoms with E-state index in [1.54, 1.807) is 13.8 Å². The van der Waals surface area contributed by atoms with Crippen molar-refractivity contribution in [2.45, 2.75) is 32.8 Å². The van der Waals surface area contributed by atoms with E-state index in [9.17, 15) is 4.79 Å². The van der Waals surface area contributed by atoms with Crippen molar-refractivity contribution in [3.8, 4) is 0 Å². The molecule has 1 N–H and O–H groups in total. The molecule has 0 saturated carbocycles. The fraction of sp³-hybridized carbons (Fsp3) is 0.833. The van der Waals surface area contributed by atoms with Crippen molar-refractivity contribution in [1.29, 1.82) is 0 Å². The zero-order valence-electron chi connectivity index (χ0n) is 7.56. The van der Waals surface area contributed by atoms with Gasteiger partial charge in [-0.2, -0.15) is 0 Å². The molecule has 0 fully saturated rings. The molecule has 0 aromatic rings. The van der Waals surface area contributed by atoms with Gasteiger partial charge < -0.3 is 6.53 Å². The maximum absolute atomic E-state index is 10.3. The van der Waals surface area contributed by atoms with Gasteiger partial charge in [0.25, 0.3) is 0 Å². The summed E-state index contributed by atoms with van der Waals surface area (Å²) < 4.78 is 0. The largest absolute Gasteiger partial charge is 1.00 e. The summed E-state index contributed by atoms with van der Waals surface area (Å²) in [6, 6.07) is 0. The van der Waals surface area contributed by atoms with Crippen LogP contribution < -0.4 is 29.6 Å². The van der Waals surface area contributed by atoms with Gasteiger partial charge in [-0.25, -0.2) is 0 Å². The maximum Gasteiger partial charge on any atom is 1.00 e. The second-order valence-electron chi connectivity index (χ2n) is 2.69. The van der Waals surface area contributed by atoms with E-state index < -0.39 is 5.60 Å². The van der Waals surface area contributed by atoms with Gasteiger partial charge in [0.2, 0.25) is 0 Å². The topological polar surface area (TPSA) is 37.3 Å². The minimum atomic E-state index is -0.828. The molecule has 0 aliphatic rings. The summed E-state index contributed by atoms with van der Waals surface area (Å²) in [4.78, 5) is 10.3. The number of Topliss-reactive ketones (excluding diaryl/α,β-unsaturated/α-hetero) is 1. The second-order valence-corrected chi connectivity index (χ2v) is 2.69. The van der Waals surface area contributed by atoms with Gasteiger partial charge in [-0.1, -0.05) is 0 Å². The summed E-state index contributed by atoms with van der Waals surface area (Å²) in [6.07, 6.45) is 0.243. The molecule has 0 rings (SSSR count). The van der Waals surface area contributed by atoms with Gasteiger partial charge in [0.1, 0.15) is 5.78 Å². The molecule has 3 heteroatoms. The third-order valence-corrected chi connectivity index (χ3v) is 0.682. The quantitative estimate of drug-likeness (QED) is 0.444. The van der Waals surface area contributed by atoms with Crippen molar-refractivity contribution >= 4 is 5.78 Å². The Bertz CT molecular complexity index is 98.4. The molecule has 0 amide bonds. The van der Waals surface area contributed by atoms with Crippen LogP contribution in [0.4, 0.5) is 0 Å². The van der Waals surface area contributed by atoms with Gasteiger partial charge in [0, 0.05) is 6.42 Å². The van der Waals surface area contributed by atoms with E-state index in [4.69, 9.17) is 5.11 Å². The fourth-order valence-corrected chi connectivity index (χ4v) is 0.609. The first kappa shape index (κ1) is 12.3. The number of carbonyl (C=O) groups is 1. The normalized spacial score (nSPS) is 10.2. The Labute approximate surface area is 79.4 Å². The molecular formula is C6H13NaO2. The van der Waals surface area contributed by atoms with E-state index in [0.717, 1.165) is 0 Å². The molecule has 2 nitrogen and oxygen atoms in total. The zero-order valence-corrected chi connectivity index (χ0v) is 8.56. The number of aliphatic hydroxyl groups is 1. The number of rotatable bonds is 2. The molecule has 0 bridgehead atoms. The molecule has 0 atom stereocenters. The van der Waals surface area contributed by atoms with E-state index in [-0.39, 0.29) is 43.2 Å². The van der Waals surface area contributed by atoms with Crippen molar-refractivity contribution in [2.24, 2.45) is 0 Å². The number of ketones is 1. The van der Waals surface area contributed by atoms with Crippen LogP contribution in [0.2, 0.25) is 0 Å².